The van der Waals surface area contributed by atoms with Crippen LogP contribution >= 0.6 is 11.3 Å². The molecule has 2 aromatic heterocycles. The van der Waals surface area contributed by atoms with Crippen molar-refractivity contribution in [3.05, 3.63) is 47.1 Å². The van der Waals surface area contributed by atoms with E-state index in [1.54, 1.807) is 46.6 Å². The monoisotopic (exact) mass is 458 g/mol. The second-order valence-corrected chi connectivity index (χ2v) is 10.6. The van der Waals surface area contributed by atoms with Crippen molar-refractivity contribution in [2.45, 2.75) is 24.2 Å². The number of carbonyl (C=O) groups is 1. The van der Waals surface area contributed by atoms with Crippen molar-refractivity contribution in [3.63, 3.8) is 0 Å². The molecule has 1 aliphatic heterocycles. The van der Waals surface area contributed by atoms with Gasteiger partial charge in [-0.3, -0.25) is 4.79 Å². The molecule has 31 heavy (non-hydrogen) atoms. The zero-order chi connectivity index (χ0) is 21.4. The van der Waals surface area contributed by atoms with E-state index in [-0.39, 0.29) is 30.5 Å². The Kier molecular flexibility index (Phi) is 5.37. The standard InChI is InChI=1S/C21H22N4O4S2/c26-18(13-29-20-19-16-7-4-8-17(16)30-21(19)23-14-22-20)24-9-11-25(12-10-24)31(27,28)15-5-2-1-3-6-15/h1-3,5-6,14H,4,7-13H2. The molecule has 10 heteroatoms. The Bertz CT molecular complexity index is 1220. The number of benzene rings is 1. The average molecular weight is 459 g/mol. The number of amides is 1. The Balaban J connectivity index is 1.22. The molecule has 2 aliphatic rings. The molecule has 162 valence electrons. The molecular formula is C21H22N4O4S2. The number of nitrogens with zero attached hydrogens (tertiary/aromatic N) is 4. The summed E-state index contributed by atoms with van der Waals surface area (Å²) in [4.78, 5) is 25.5. The van der Waals surface area contributed by atoms with E-state index in [9.17, 15) is 13.2 Å². The number of sulfonamides is 1. The van der Waals surface area contributed by atoms with Crippen LogP contribution in [-0.4, -0.2) is 66.3 Å². The van der Waals surface area contributed by atoms with E-state index in [0.29, 0.717) is 19.0 Å². The number of rotatable bonds is 5. The number of hydrogen-bond donors (Lipinski definition) is 0. The minimum atomic E-state index is -3.54. The zero-order valence-corrected chi connectivity index (χ0v) is 18.5. The summed E-state index contributed by atoms with van der Waals surface area (Å²) in [5, 5.41) is 0.937. The molecule has 1 aromatic carbocycles. The SMILES string of the molecule is O=C(COc1ncnc2sc3c(c12)CCC3)N1CCN(S(=O)(=O)c2ccccc2)CC1. The number of aromatic nitrogens is 2. The molecule has 5 rings (SSSR count). The minimum absolute atomic E-state index is 0.123. The van der Waals surface area contributed by atoms with Gasteiger partial charge in [-0.05, 0) is 37.0 Å². The molecule has 3 aromatic rings. The summed E-state index contributed by atoms with van der Waals surface area (Å²) >= 11 is 1.67. The number of aryl methyl sites for hydroxylation is 2. The molecule has 0 spiro atoms. The lowest BCUT2D eigenvalue weighted by Crippen LogP contribution is -2.51. The number of hydrogen-bond acceptors (Lipinski definition) is 7. The first-order chi connectivity index (χ1) is 15.0. The lowest BCUT2D eigenvalue weighted by atomic mass is 10.2. The Labute approximate surface area is 184 Å². The highest BCUT2D eigenvalue weighted by molar-refractivity contribution is 7.89. The van der Waals surface area contributed by atoms with E-state index in [1.165, 1.54) is 21.1 Å². The fraction of sp³-hybridized carbons (Fsp3) is 0.381. The summed E-state index contributed by atoms with van der Waals surface area (Å²) < 4.78 is 32.7. The highest BCUT2D eigenvalue weighted by atomic mass is 32.2. The number of piperazine rings is 1. The van der Waals surface area contributed by atoms with Crippen molar-refractivity contribution >= 4 is 37.5 Å². The van der Waals surface area contributed by atoms with E-state index >= 15 is 0 Å². The van der Waals surface area contributed by atoms with Crippen molar-refractivity contribution in [2.24, 2.45) is 0 Å². The average Bonchev–Trinajstić information content (AvgIpc) is 3.39. The Hall–Kier alpha value is -2.56. The molecule has 0 radical (unpaired) electrons. The topological polar surface area (TPSA) is 92.7 Å². The van der Waals surface area contributed by atoms with E-state index < -0.39 is 10.0 Å². The Morgan fingerprint density at radius 3 is 2.61 bits per heavy atom. The Morgan fingerprint density at radius 2 is 1.84 bits per heavy atom. The third-order valence-corrected chi connectivity index (χ3v) is 8.88. The largest absolute Gasteiger partial charge is 0.467 e. The fourth-order valence-electron chi connectivity index (χ4n) is 4.15. The van der Waals surface area contributed by atoms with Gasteiger partial charge in [-0.1, -0.05) is 18.2 Å². The van der Waals surface area contributed by atoms with Crippen molar-refractivity contribution in [3.8, 4) is 5.88 Å². The maximum absolute atomic E-state index is 12.8. The molecular weight excluding hydrogens is 436 g/mol. The van der Waals surface area contributed by atoms with E-state index in [4.69, 9.17) is 4.74 Å². The maximum atomic E-state index is 12.8. The number of thiophene rings is 1. The van der Waals surface area contributed by atoms with Gasteiger partial charge in [0.25, 0.3) is 5.91 Å². The third-order valence-electron chi connectivity index (χ3n) is 5.77. The zero-order valence-electron chi connectivity index (χ0n) is 16.9. The summed E-state index contributed by atoms with van der Waals surface area (Å²) in [6, 6.07) is 8.37. The summed E-state index contributed by atoms with van der Waals surface area (Å²) in [7, 11) is -3.54. The van der Waals surface area contributed by atoms with Crippen LogP contribution in [0.4, 0.5) is 0 Å². The summed E-state index contributed by atoms with van der Waals surface area (Å²) in [6.45, 7) is 1.07. The van der Waals surface area contributed by atoms with Gasteiger partial charge in [-0.25, -0.2) is 18.4 Å². The Morgan fingerprint density at radius 1 is 1.06 bits per heavy atom. The molecule has 3 heterocycles. The predicted octanol–water partition coefficient (Wildman–Crippen LogP) is 2.09. The maximum Gasteiger partial charge on any atom is 0.260 e. The van der Waals surface area contributed by atoms with Crippen LogP contribution in [0.2, 0.25) is 0 Å². The van der Waals surface area contributed by atoms with Crippen molar-refractivity contribution in [2.75, 3.05) is 32.8 Å². The highest BCUT2D eigenvalue weighted by Crippen LogP contribution is 2.39. The quantitative estimate of drug-likeness (QED) is 0.581. The van der Waals surface area contributed by atoms with Crippen LogP contribution in [0.5, 0.6) is 5.88 Å². The van der Waals surface area contributed by atoms with Crippen molar-refractivity contribution in [1.29, 1.82) is 0 Å². The van der Waals surface area contributed by atoms with Crippen LogP contribution < -0.4 is 4.74 Å². The van der Waals surface area contributed by atoms with Gasteiger partial charge < -0.3 is 9.64 Å². The number of fused-ring (bicyclic) bond motifs is 3. The third kappa shape index (κ3) is 3.79. The van der Waals surface area contributed by atoms with Gasteiger partial charge in [-0.15, -0.1) is 11.3 Å². The summed E-state index contributed by atoms with van der Waals surface area (Å²) in [5.41, 5.74) is 1.25. The van der Waals surface area contributed by atoms with Crippen molar-refractivity contribution < 1.29 is 17.9 Å². The molecule has 0 bridgehead atoms. The van der Waals surface area contributed by atoms with E-state index in [1.807, 2.05) is 0 Å². The van der Waals surface area contributed by atoms with Crippen LogP contribution in [0.25, 0.3) is 10.2 Å². The van der Waals surface area contributed by atoms with Gasteiger partial charge in [0.1, 0.15) is 11.2 Å². The second kappa shape index (κ2) is 8.18. The van der Waals surface area contributed by atoms with E-state index in [2.05, 4.69) is 9.97 Å². The van der Waals surface area contributed by atoms with Gasteiger partial charge >= 0.3 is 0 Å². The highest BCUT2D eigenvalue weighted by Gasteiger charge is 2.30. The van der Waals surface area contributed by atoms with Crippen LogP contribution in [0.3, 0.4) is 0 Å². The van der Waals surface area contributed by atoms with Crippen LogP contribution in [0.15, 0.2) is 41.6 Å². The molecule has 0 saturated carbocycles. The first-order valence-electron chi connectivity index (χ1n) is 10.2. The van der Waals surface area contributed by atoms with Crippen LogP contribution in [0, 0.1) is 0 Å². The first-order valence-corrected chi connectivity index (χ1v) is 12.5. The molecule has 8 nitrogen and oxygen atoms in total. The van der Waals surface area contributed by atoms with Crippen LogP contribution in [-0.2, 0) is 27.7 Å². The lowest BCUT2D eigenvalue weighted by molar-refractivity contribution is -0.134. The first kappa shape index (κ1) is 20.3. The van der Waals surface area contributed by atoms with Crippen molar-refractivity contribution in [1.82, 2.24) is 19.2 Å². The fourth-order valence-corrected chi connectivity index (χ4v) is 6.81. The smallest absolute Gasteiger partial charge is 0.260 e. The molecule has 0 atom stereocenters. The molecule has 1 aliphatic carbocycles. The lowest BCUT2D eigenvalue weighted by Gasteiger charge is -2.33. The number of ether oxygens (including phenoxy) is 1. The van der Waals surface area contributed by atoms with Gasteiger partial charge in [0.05, 0.1) is 10.3 Å². The van der Waals surface area contributed by atoms with Gasteiger partial charge in [0.2, 0.25) is 15.9 Å². The molecule has 1 saturated heterocycles. The molecule has 1 amide bonds. The van der Waals surface area contributed by atoms with Crippen LogP contribution in [0.1, 0.15) is 16.9 Å². The van der Waals surface area contributed by atoms with Gasteiger partial charge in [0.15, 0.2) is 6.61 Å². The normalized spacial score (nSPS) is 17.1. The molecule has 0 N–H and O–H groups in total. The van der Waals surface area contributed by atoms with Gasteiger partial charge in [-0.2, -0.15) is 4.31 Å². The predicted molar refractivity (Wildman–Crippen MR) is 117 cm³/mol. The van der Waals surface area contributed by atoms with Gasteiger partial charge in [0, 0.05) is 31.1 Å². The second-order valence-electron chi connectivity index (χ2n) is 7.60. The molecule has 1 fully saturated rings. The summed E-state index contributed by atoms with van der Waals surface area (Å²) in [5.74, 6) is 0.290. The van der Waals surface area contributed by atoms with E-state index in [0.717, 1.165) is 29.5 Å². The molecule has 0 unspecified atom stereocenters. The minimum Gasteiger partial charge on any atom is -0.467 e. The summed E-state index contributed by atoms with van der Waals surface area (Å²) in [6.07, 6.45) is 4.65. The number of carbonyl (C=O) groups excluding carboxylic acids is 1.